The molecule has 0 atom stereocenters. The van der Waals surface area contributed by atoms with Crippen LogP contribution in [0.5, 0.6) is 0 Å². The first-order chi connectivity index (χ1) is 5.69. The summed E-state index contributed by atoms with van der Waals surface area (Å²) in [5.74, 6) is -0.00727. The van der Waals surface area contributed by atoms with Gasteiger partial charge >= 0.3 is 0 Å². The van der Waals surface area contributed by atoms with Crippen molar-refractivity contribution in [2.75, 3.05) is 5.73 Å². The highest BCUT2D eigenvalue weighted by Crippen LogP contribution is 2.06. The lowest BCUT2D eigenvalue weighted by Crippen LogP contribution is -2.04. The molecule has 0 aliphatic carbocycles. The maximum atomic E-state index is 10.3. The number of anilines is 1. The van der Waals surface area contributed by atoms with Crippen LogP contribution >= 0.6 is 0 Å². The minimum atomic E-state index is -0.00727. The van der Waals surface area contributed by atoms with Crippen LogP contribution in [0, 0.1) is 18.3 Å². The van der Waals surface area contributed by atoms with E-state index in [1.54, 1.807) is 6.92 Å². The maximum Gasteiger partial charge on any atom is 0.172 e. The SMILES string of the molecule is Cc1nc(C=O)c(N)nc1C#N. The summed E-state index contributed by atoms with van der Waals surface area (Å²) in [5, 5.41) is 8.51. The van der Waals surface area contributed by atoms with Crippen LogP contribution in [0.4, 0.5) is 5.82 Å². The van der Waals surface area contributed by atoms with Gasteiger partial charge in [0.15, 0.2) is 17.8 Å². The first kappa shape index (κ1) is 8.14. The Kier molecular flexibility index (Phi) is 2.01. The maximum absolute atomic E-state index is 10.3. The number of nitrogens with two attached hydrogens (primary N) is 1. The van der Waals surface area contributed by atoms with E-state index in [0.29, 0.717) is 12.0 Å². The summed E-state index contributed by atoms with van der Waals surface area (Å²) >= 11 is 0. The highest BCUT2D eigenvalue weighted by Gasteiger charge is 2.06. The molecule has 0 fully saturated rings. The number of rotatable bonds is 1. The van der Waals surface area contributed by atoms with Crippen LogP contribution < -0.4 is 5.73 Å². The number of nitrogen functional groups attached to an aromatic ring is 1. The first-order valence-electron chi connectivity index (χ1n) is 3.18. The predicted molar refractivity (Wildman–Crippen MR) is 41.3 cm³/mol. The number of aldehydes is 1. The van der Waals surface area contributed by atoms with Gasteiger partial charge in [0.2, 0.25) is 0 Å². The molecule has 0 aliphatic heterocycles. The number of carbonyl (C=O) groups is 1. The van der Waals surface area contributed by atoms with Crippen molar-refractivity contribution in [2.24, 2.45) is 0 Å². The molecule has 60 valence electrons. The molecule has 0 radical (unpaired) electrons. The average Bonchev–Trinajstić information content (AvgIpc) is 2.08. The van der Waals surface area contributed by atoms with Gasteiger partial charge < -0.3 is 5.73 Å². The van der Waals surface area contributed by atoms with Crippen molar-refractivity contribution in [1.82, 2.24) is 9.97 Å². The van der Waals surface area contributed by atoms with Gasteiger partial charge in [-0.3, -0.25) is 4.79 Å². The van der Waals surface area contributed by atoms with Crippen molar-refractivity contribution in [1.29, 1.82) is 5.26 Å². The Bertz CT molecular complexity index is 366. The van der Waals surface area contributed by atoms with Gasteiger partial charge in [-0.25, -0.2) is 9.97 Å². The van der Waals surface area contributed by atoms with Gasteiger partial charge in [-0.1, -0.05) is 0 Å². The number of hydrogen-bond donors (Lipinski definition) is 1. The van der Waals surface area contributed by atoms with E-state index in [0.717, 1.165) is 0 Å². The molecule has 0 bridgehead atoms. The van der Waals surface area contributed by atoms with Crippen molar-refractivity contribution in [3.05, 3.63) is 17.1 Å². The van der Waals surface area contributed by atoms with E-state index >= 15 is 0 Å². The minimum absolute atomic E-state index is 0.00727. The summed E-state index contributed by atoms with van der Waals surface area (Å²) in [5.41, 5.74) is 5.96. The molecule has 0 saturated heterocycles. The van der Waals surface area contributed by atoms with Gasteiger partial charge in [0.1, 0.15) is 11.8 Å². The topological polar surface area (TPSA) is 92.7 Å². The van der Waals surface area contributed by atoms with Crippen LogP contribution in [0.25, 0.3) is 0 Å². The molecule has 0 aromatic carbocycles. The number of hydrogen-bond acceptors (Lipinski definition) is 5. The van der Waals surface area contributed by atoms with Crippen molar-refractivity contribution in [3.63, 3.8) is 0 Å². The standard InChI is InChI=1S/C7H6N4O/c1-4-5(2-8)11-7(9)6(3-12)10-4/h3H,1H3,(H2,9,11). The van der Waals surface area contributed by atoms with E-state index in [2.05, 4.69) is 9.97 Å². The lowest BCUT2D eigenvalue weighted by molar-refractivity contribution is 0.111. The molecule has 5 nitrogen and oxygen atoms in total. The second kappa shape index (κ2) is 2.96. The zero-order valence-corrected chi connectivity index (χ0v) is 6.40. The van der Waals surface area contributed by atoms with E-state index in [1.807, 2.05) is 6.07 Å². The molecule has 0 spiro atoms. The Morgan fingerprint density at radius 2 is 2.25 bits per heavy atom. The molecule has 0 amide bonds. The quantitative estimate of drug-likeness (QED) is 0.589. The van der Waals surface area contributed by atoms with E-state index in [9.17, 15) is 4.79 Å². The zero-order valence-electron chi connectivity index (χ0n) is 6.40. The summed E-state index contributed by atoms with van der Waals surface area (Å²) in [6.45, 7) is 1.60. The highest BCUT2D eigenvalue weighted by molar-refractivity contribution is 5.78. The Labute approximate surface area is 68.9 Å². The summed E-state index contributed by atoms with van der Waals surface area (Å²) < 4.78 is 0. The molecule has 1 heterocycles. The van der Waals surface area contributed by atoms with Crippen LogP contribution in [0.15, 0.2) is 0 Å². The summed E-state index contributed by atoms with van der Waals surface area (Å²) in [7, 11) is 0. The summed E-state index contributed by atoms with van der Waals surface area (Å²) in [6.07, 6.45) is 0.510. The normalized spacial score (nSPS) is 9.00. The average molecular weight is 162 g/mol. The molecule has 12 heavy (non-hydrogen) atoms. The van der Waals surface area contributed by atoms with Gasteiger partial charge in [0, 0.05) is 0 Å². The molecular formula is C7H6N4O. The van der Waals surface area contributed by atoms with Gasteiger partial charge in [-0.15, -0.1) is 0 Å². The summed E-state index contributed by atoms with van der Waals surface area (Å²) in [4.78, 5) is 17.8. The number of aromatic nitrogens is 2. The number of carbonyl (C=O) groups excluding carboxylic acids is 1. The second-order valence-corrected chi connectivity index (χ2v) is 2.16. The van der Waals surface area contributed by atoms with Crippen LogP contribution in [-0.2, 0) is 0 Å². The van der Waals surface area contributed by atoms with Crippen LogP contribution in [0.1, 0.15) is 21.9 Å². The van der Waals surface area contributed by atoms with Crippen molar-refractivity contribution in [2.45, 2.75) is 6.92 Å². The van der Waals surface area contributed by atoms with Crippen molar-refractivity contribution in [3.8, 4) is 6.07 Å². The van der Waals surface area contributed by atoms with Gasteiger partial charge in [0.25, 0.3) is 0 Å². The van der Waals surface area contributed by atoms with Crippen LogP contribution in [0.2, 0.25) is 0 Å². The molecule has 0 saturated carbocycles. The van der Waals surface area contributed by atoms with Gasteiger partial charge in [0.05, 0.1) is 5.69 Å². The molecular weight excluding hydrogens is 156 g/mol. The van der Waals surface area contributed by atoms with E-state index < -0.39 is 0 Å². The molecule has 1 aromatic rings. The van der Waals surface area contributed by atoms with Crippen molar-refractivity contribution < 1.29 is 4.79 Å². The fourth-order valence-corrected chi connectivity index (χ4v) is 0.742. The fourth-order valence-electron chi connectivity index (χ4n) is 0.742. The van der Waals surface area contributed by atoms with Gasteiger partial charge in [-0.2, -0.15) is 5.26 Å². The second-order valence-electron chi connectivity index (χ2n) is 2.16. The Hall–Kier alpha value is -1.96. The number of aryl methyl sites for hydroxylation is 1. The van der Waals surface area contributed by atoms with Crippen LogP contribution in [-0.4, -0.2) is 16.3 Å². The van der Waals surface area contributed by atoms with E-state index in [4.69, 9.17) is 11.0 Å². The molecule has 5 heteroatoms. The third kappa shape index (κ3) is 1.22. The lowest BCUT2D eigenvalue weighted by atomic mass is 10.3. The Morgan fingerprint density at radius 3 is 2.75 bits per heavy atom. The molecule has 0 aliphatic rings. The molecule has 2 N–H and O–H groups in total. The van der Waals surface area contributed by atoms with Crippen molar-refractivity contribution >= 4 is 12.1 Å². The molecule has 1 rings (SSSR count). The minimum Gasteiger partial charge on any atom is -0.382 e. The first-order valence-corrected chi connectivity index (χ1v) is 3.18. The van der Waals surface area contributed by atoms with E-state index in [-0.39, 0.29) is 17.2 Å². The highest BCUT2D eigenvalue weighted by atomic mass is 16.1. The Morgan fingerprint density at radius 1 is 1.58 bits per heavy atom. The Balaban J connectivity index is 3.38. The monoisotopic (exact) mass is 162 g/mol. The predicted octanol–water partition coefficient (Wildman–Crippen LogP) is 0.0514. The largest absolute Gasteiger partial charge is 0.382 e. The number of nitrogens with zero attached hydrogens (tertiary/aromatic N) is 3. The fraction of sp³-hybridized carbons (Fsp3) is 0.143. The van der Waals surface area contributed by atoms with E-state index in [1.165, 1.54) is 0 Å². The smallest absolute Gasteiger partial charge is 0.172 e. The number of nitriles is 1. The molecule has 0 unspecified atom stereocenters. The third-order valence-electron chi connectivity index (χ3n) is 1.34. The van der Waals surface area contributed by atoms with Crippen LogP contribution in [0.3, 0.4) is 0 Å². The zero-order chi connectivity index (χ0) is 9.14. The summed E-state index contributed by atoms with van der Waals surface area (Å²) in [6, 6.07) is 1.82. The lowest BCUT2D eigenvalue weighted by Gasteiger charge is -1.99. The van der Waals surface area contributed by atoms with Gasteiger partial charge in [-0.05, 0) is 6.92 Å². The third-order valence-corrected chi connectivity index (χ3v) is 1.34. The molecule has 1 aromatic heterocycles.